The summed E-state index contributed by atoms with van der Waals surface area (Å²) in [6.45, 7) is 9.06. The summed E-state index contributed by atoms with van der Waals surface area (Å²) in [4.78, 5) is 9.26. The summed E-state index contributed by atoms with van der Waals surface area (Å²) in [5.74, 6) is -0.995. The molecular weight excluding hydrogens is 215 g/mol. The zero-order chi connectivity index (χ0) is 11.2. The molecule has 4 heteroatoms. The van der Waals surface area contributed by atoms with Crippen molar-refractivity contribution in [2.75, 3.05) is 0 Å². The fraction of sp³-hybridized carbons (Fsp3) is 0.909. The number of carbonyl (C=O) groups is 1. The van der Waals surface area contributed by atoms with E-state index >= 15 is 0 Å². The second kappa shape index (κ2) is 8.80. The summed E-state index contributed by atoms with van der Waals surface area (Å²) in [5.41, 5.74) is 1.09. The van der Waals surface area contributed by atoms with E-state index in [1.54, 1.807) is 6.04 Å². The molecule has 0 amide bonds. The van der Waals surface area contributed by atoms with Crippen LogP contribution in [0.1, 0.15) is 39.5 Å². The second-order valence-corrected chi connectivity index (χ2v) is 10.3. The maximum atomic E-state index is 9.26. The summed E-state index contributed by atoms with van der Waals surface area (Å²) >= 11 is 0. The van der Waals surface area contributed by atoms with Crippen molar-refractivity contribution >= 4 is 14.0 Å². The molecule has 1 unspecified atom stereocenters. The monoisotopic (exact) mass is 238 g/mol. The number of aliphatic carboxylic acids is 1. The molecule has 1 aliphatic heterocycles. The number of hydrogen-bond acceptors (Lipinski definition) is 2. The predicted octanol–water partition coefficient (Wildman–Crippen LogP) is -0.581. The number of carboxylic acid groups (broad SMARTS) is 1. The van der Waals surface area contributed by atoms with Crippen LogP contribution < -0.4 is 34.7 Å². The number of carbonyl (C=O) groups excluding carboxylic acids is 1. The van der Waals surface area contributed by atoms with Gasteiger partial charge < -0.3 is 9.90 Å². The van der Waals surface area contributed by atoms with Gasteiger partial charge in [-0.3, -0.25) is 0 Å². The Bertz CT molecular complexity index is 183. The fourth-order valence-electron chi connectivity index (χ4n) is 1.67. The van der Waals surface area contributed by atoms with Crippen LogP contribution in [0, 0.1) is 0 Å². The van der Waals surface area contributed by atoms with Gasteiger partial charge in [-0.1, -0.05) is 52.2 Å². The van der Waals surface area contributed by atoms with E-state index in [2.05, 4.69) is 20.0 Å². The summed E-state index contributed by atoms with van der Waals surface area (Å²) in [6.07, 6.45) is 4.64. The van der Waals surface area contributed by atoms with Gasteiger partial charge in [-0.05, 0) is 12.0 Å². The smallest absolute Gasteiger partial charge is 0.550 e. The Balaban J connectivity index is 0. The molecule has 84 valence electrons. The first-order valence-corrected chi connectivity index (χ1v) is 8.88. The zero-order valence-electron chi connectivity index (χ0n) is 10.9. The molecule has 1 saturated heterocycles. The third-order valence-corrected chi connectivity index (χ3v) is 7.93. The van der Waals surface area contributed by atoms with E-state index in [1.165, 1.54) is 26.2 Å². The molecule has 0 aliphatic carbocycles. The first-order chi connectivity index (χ1) is 6.40. The van der Waals surface area contributed by atoms with Crippen molar-refractivity contribution in [2.24, 2.45) is 0 Å². The Labute approximate surface area is 117 Å². The molecule has 0 N–H and O–H groups in total. The van der Waals surface area contributed by atoms with E-state index < -0.39 is 14.0 Å². The van der Waals surface area contributed by atoms with Crippen molar-refractivity contribution in [3.05, 3.63) is 0 Å². The summed E-state index contributed by atoms with van der Waals surface area (Å²) in [6, 6.07) is 1.58. The molecule has 1 aliphatic rings. The molecule has 1 atom stereocenters. The number of hydrogen-bond donors (Lipinski definition) is 0. The average molecular weight is 238 g/mol. The van der Waals surface area contributed by atoms with Crippen LogP contribution in [0.5, 0.6) is 0 Å². The molecule has 0 bridgehead atoms. The predicted molar refractivity (Wildman–Crippen MR) is 60.9 cm³/mol. The van der Waals surface area contributed by atoms with Crippen molar-refractivity contribution in [1.82, 2.24) is 0 Å². The molecule has 0 spiro atoms. The van der Waals surface area contributed by atoms with Gasteiger partial charge in [0.1, 0.15) is 0 Å². The summed E-state index contributed by atoms with van der Waals surface area (Å²) in [5, 5.41) is 9.26. The molecule has 15 heavy (non-hydrogen) atoms. The van der Waals surface area contributed by atoms with Gasteiger partial charge in [0.25, 0.3) is 0 Å². The standard InChI is InChI=1S/C8H18Si.C3H6O2.Na/c1-8-6-4-5-7-9(8,2)3;1-2-3(4)5;/h8H,4-7H2,1-3H3;2H2,1H3,(H,4,5);/q;;+1/p-1. The van der Waals surface area contributed by atoms with Gasteiger partial charge in [0.15, 0.2) is 0 Å². The average Bonchev–Trinajstić information content (AvgIpc) is 2.11. The van der Waals surface area contributed by atoms with E-state index in [0.29, 0.717) is 0 Å². The molecule has 1 fully saturated rings. The van der Waals surface area contributed by atoms with Crippen molar-refractivity contribution in [3.63, 3.8) is 0 Å². The van der Waals surface area contributed by atoms with Crippen LogP contribution in [-0.4, -0.2) is 14.0 Å². The normalized spacial score (nSPS) is 23.1. The van der Waals surface area contributed by atoms with E-state index in [0.717, 1.165) is 5.54 Å². The number of carboxylic acids is 1. The second-order valence-electron chi connectivity index (χ2n) is 4.86. The van der Waals surface area contributed by atoms with Crippen LogP contribution in [0.25, 0.3) is 0 Å². The Morgan fingerprint density at radius 3 is 2.07 bits per heavy atom. The van der Waals surface area contributed by atoms with Gasteiger partial charge in [-0.25, -0.2) is 0 Å². The van der Waals surface area contributed by atoms with Gasteiger partial charge in [0.2, 0.25) is 0 Å². The summed E-state index contributed by atoms with van der Waals surface area (Å²) < 4.78 is 0. The topological polar surface area (TPSA) is 40.1 Å². The van der Waals surface area contributed by atoms with Crippen molar-refractivity contribution < 1.29 is 39.5 Å². The van der Waals surface area contributed by atoms with Crippen molar-refractivity contribution in [2.45, 2.75) is 64.2 Å². The first-order valence-electron chi connectivity index (χ1n) is 5.60. The summed E-state index contributed by atoms with van der Waals surface area (Å²) in [7, 11) is -0.694. The van der Waals surface area contributed by atoms with E-state index in [-0.39, 0.29) is 36.0 Å². The Morgan fingerprint density at radius 2 is 1.87 bits per heavy atom. The first kappa shape index (κ1) is 18.1. The minimum absolute atomic E-state index is 0. The molecule has 1 rings (SSSR count). The van der Waals surface area contributed by atoms with Gasteiger partial charge in [-0.15, -0.1) is 0 Å². The maximum absolute atomic E-state index is 9.26. The van der Waals surface area contributed by atoms with Crippen LogP contribution in [-0.2, 0) is 4.79 Å². The number of rotatable bonds is 1. The molecular formula is C11H23NaO2Si. The molecule has 2 nitrogen and oxygen atoms in total. The molecule has 0 aromatic carbocycles. The molecule has 0 aromatic heterocycles. The Morgan fingerprint density at radius 1 is 1.40 bits per heavy atom. The van der Waals surface area contributed by atoms with Crippen LogP contribution in [0.2, 0.25) is 24.7 Å². The minimum atomic E-state index is -0.995. The van der Waals surface area contributed by atoms with Crippen molar-refractivity contribution in [3.8, 4) is 0 Å². The van der Waals surface area contributed by atoms with E-state index in [1.807, 2.05) is 0 Å². The molecule has 0 saturated carbocycles. The van der Waals surface area contributed by atoms with Crippen LogP contribution >= 0.6 is 0 Å². The third kappa shape index (κ3) is 8.49. The Kier molecular flexibility index (Phi) is 10.6. The maximum Gasteiger partial charge on any atom is 1.00 e. The fourth-order valence-corrected chi connectivity index (χ4v) is 4.31. The molecule has 1 heterocycles. The van der Waals surface area contributed by atoms with Crippen LogP contribution in [0.3, 0.4) is 0 Å². The van der Waals surface area contributed by atoms with Gasteiger partial charge >= 0.3 is 29.6 Å². The van der Waals surface area contributed by atoms with Gasteiger partial charge in [0, 0.05) is 5.97 Å². The largest absolute Gasteiger partial charge is 1.00 e. The van der Waals surface area contributed by atoms with Crippen LogP contribution in [0.4, 0.5) is 0 Å². The van der Waals surface area contributed by atoms with Gasteiger partial charge in [-0.2, -0.15) is 0 Å². The minimum Gasteiger partial charge on any atom is -0.550 e. The van der Waals surface area contributed by atoms with Crippen molar-refractivity contribution in [1.29, 1.82) is 0 Å². The zero-order valence-corrected chi connectivity index (χ0v) is 13.9. The van der Waals surface area contributed by atoms with Gasteiger partial charge in [0.05, 0.1) is 8.07 Å². The Hall–Kier alpha value is 0.687. The van der Waals surface area contributed by atoms with E-state index in [4.69, 9.17) is 0 Å². The molecule has 0 aromatic rings. The quantitative estimate of drug-likeness (QED) is 0.573. The SMILES string of the molecule is CC1CCCC[Si]1(C)C.CCC(=O)[O-].[Na+]. The third-order valence-electron chi connectivity index (χ3n) is 3.33. The van der Waals surface area contributed by atoms with Crippen LogP contribution in [0.15, 0.2) is 0 Å². The van der Waals surface area contributed by atoms with E-state index in [9.17, 15) is 9.90 Å². The molecule has 0 radical (unpaired) electrons.